The smallest absolute Gasteiger partial charge is 0.123 e. The summed E-state index contributed by atoms with van der Waals surface area (Å²) in [6.45, 7) is 6.82. The SMILES string of the molecule is CC(C)(C(N)Cc1ccnc(N)c1)N1CCCC1. The highest BCUT2D eigenvalue weighted by molar-refractivity contribution is 5.32. The molecule has 1 aromatic rings. The van der Waals surface area contributed by atoms with Crippen molar-refractivity contribution in [2.75, 3.05) is 18.8 Å². The van der Waals surface area contributed by atoms with Crippen LogP contribution in [0.15, 0.2) is 18.3 Å². The third kappa shape index (κ3) is 2.82. The van der Waals surface area contributed by atoms with Gasteiger partial charge in [-0.15, -0.1) is 0 Å². The zero-order valence-electron chi connectivity index (χ0n) is 11.4. The van der Waals surface area contributed by atoms with Crippen molar-refractivity contribution in [3.8, 4) is 0 Å². The number of aromatic nitrogens is 1. The van der Waals surface area contributed by atoms with E-state index in [-0.39, 0.29) is 11.6 Å². The van der Waals surface area contributed by atoms with Gasteiger partial charge in [0, 0.05) is 17.8 Å². The van der Waals surface area contributed by atoms with Crippen LogP contribution in [0.5, 0.6) is 0 Å². The maximum atomic E-state index is 6.41. The number of likely N-dealkylation sites (tertiary alicyclic amines) is 1. The Morgan fingerprint density at radius 3 is 2.67 bits per heavy atom. The average molecular weight is 248 g/mol. The van der Waals surface area contributed by atoms with Gasteiger partial charge >= 0.3 is 0 Å². The van der Waals surface area contributed by atoms with Crippen LogP contribution >= 0.6 is 0 Å². The van der Waals surface area contributed by atoms with Crippen molar-refractivity contribution in [3.63, 3.8) is 0 Å². The first kappa shape index (κ1) is 13.3. The molecular formula is C14H24N4. The van der Waals surface area contributed by atoms with Crippen LogP contribution in [0.1, 0.15) is 32.3 Å². The minimum absolute atomic E-state index is 0.0362. The first-order chi connectivity index (χ1) is 8.50. The number of nitrogens with two attached hydrogens (primary N) is 2. The van der Waals surface area contributed by atoms with E-state index in [0.717, 1.165) is 6.42 Å². The number of rotatable bonds is 4. The molecule has 0 spiro atoms. The maximum absolute atomic E-state index is 6.41. The Bertz CT molecular complexity index is 397. The molecule has 4 nitrogen and oxygen atoms in total. The van der Waals surface area contributed by atoms with Gasteiger partial charge in [0.15, 0.2) is 0 Å². The van der Waals surface area contributed by atoms with Crippen molar-refractivity contribution < 1.29 is 0 Å². The fourth-order valence-electron chi connectivity index (χ4n) is 2.65. The second-order valence-corrected chi connectivity index (χ2v) is 5.75. The minimum atomic E-state index is 0.0362. The topological polar surface area (TPSA) is 68.2 Å². The van der Waals surface area contributed by atoms with Gasteiger partial charge in [-0.2, -0.15) is 0 Å². The van der Waals surface area contributed by atoms with E-state index in [1.54, 1.807) is 6.20 Å². The molecule has 4 heteroatoms. The largest absolute Gasteiger partial charge is 0.384 e. The molecule has 2 heterocycles. The summed E-state index contributed by atoms with van der Waals surface area (Å²) in [7, 11) is 0. The quantitative estimate of drug-likeness (QED) is 0.845. The van der Waals surface area contributed by atoms with E-state index in [2.05, 4.69) is 23.7 Å². The Kier molecular flexibility index (Phi) is 3.88. The fourth-order valence-corrected chi connectivity index (χ4v) is 2.65. The van der Waals surface area contributed by atoms with Gasteiger partial charge in [-0.3, -0.25) is 4.90 Å². The number of hydrogen-bond acceptors (Lipinski definition) is 4. The predicted molar refractivity (Wildman–Crippen MR) is 75.2 cm³/mol. The molecule has 2 rings (SSSR count). The van der Waals surface area contributed by atoms with Gasteiger partial charge in [0.1, 0.15) is 5.82 Å². The van der Waals surface area contributed by atoms with Crippen LogP contribution in [-0.2, 0) is 6.42 Å². The summed E-state index contributed by atoms with van der Waals surface area (Å²) in [5.74, 6) is 0.568. The lowest BCUT2D eigenvalue weighted by Gasteiger charge is -2.40. The van der Waals surface area contributed by atoms with E-state index in [1.165, 1.54) is 31.5 Å². The summed E-state index contributed by atoms with van der Waals surface area (Å²) in [6, 6.07) is 4.02. The van der Waals surface area contributed by atoms with Gasteiger partial charge in [-0.1, -0.05) is 0 Å². The van der Waals surface area contributed by atoms with Crippen LogP contribution in [0, 0.1) is 0 Å². The van der Waals surface area contributed by atoms with E-state index in [9.17, 15) is 0 Å². The Balaban J connectivity index is 2.04. The Morgan fingerprint density at radius 1 is 1.39 bits per heavy atom. The van der Waals surface area contributed by atoms with E-state index in [4.69, 9.17) is 11.5 Å². The fraction of sp³-hybridized carbons (Fsp3) is 0.643. The highest BCUT2D eigenvalue weighted by Crippen LogP contribution is 2.25. The highest BCUT2D eigenvalue weighted by atomic mass is 15.2. The number of nitrogens with zero attached hydrogens (tertiary/aromatic N) is 2. The molecule has 1 fully saturated rings. The molecular weight excluding hydrogens is 224 g/mol. The summed E-state index contributed by atoms with van der Waals surface area (Å²) in [4.78, 5) is 6.52. The number of hydrogen-bond donors (Lipinski definition) is 2. The zero-order chi connectivity index (χ0) is 13.2. The Hall–Kier alpha value is -1.13. The molecule has 0 aromatic carbocycles. The van der Waals surface area contributed by atoms with Crippen LogP contribution in [0.2, 0.25) is 0 Å². The summed E-state index contributed by atoms with van der Waals surface area (Å²) in [5, 5.41) is 0. The monoisotopic (exact) mass is 248 g/mol. The van der Waals surface area contributed by atoms with Crippen molar-refractivity contribution in [3.05, 3.63) is 23.9 Å². The standard InChI is InChI=1S/C14H24N4/c1-14(2,18-7-3-4-8-18)12(15)9-11-5-6-17-13(16)10-11/h5-6,10,12H,3-4,7-9,15H2,1-2H3,(H2,16,17). The molecule has 1 aliphatic heterocycles. The van der Waals surface area contributed by atoms with Gasteiger partial charge in [0.2, 0.25) is 0 Å². The Labute approximate surface area is 109 Å². The van der Waals surface area contributed by atoms with Gasteiger partial charge in [0.05, 0.1) is 0 Å². The van der Waals surface area contributed by atoms with Gasteiger partial charge in [0.25, 0.3) is 0 Å². The lowest BCUT2D eigenvalue weighted by atomic mass is 9.88. The van der Waals surface area contributed by atoms with Crippen molar-refractivity contribution >= 4 is 5.82 Å². The number of pyridine rings is 1. The lowest BCUT2D eigenvalue weighted by molar-refractivity contribution is 0.123. The van der Waals surface area contributed by atoms with Gasteiger partial charge in [-0.25, -0.2) is 4.98 Å². The molecule has 0 amide bonds. The average Bonchev–Trinajstić information content (AvgIpc) is 2.82. The highest BCUT2D eigenvalue weighted by Gasteiger charge is 2.34. The molecule has 1 unspecified atom stereocenters. The molecule has 0 saturated carbocycles. The van der Waals surface area contributed by atoms with E-state index in [1.807, 2.05) is 12.1 Å². The summed E-state index contributed by atoms with van der Waals surface area (Å²) < 4.78 is 0. The Morgan fingerprint density at radius 2 is 2.06 bits per heavy atom. The molecule has 1 saturated heterocycles. The second kappa shape index (κ2) is 5.24. The molecule has 1 aromatic heterocycles. The number of nitrogen functional groups attached to an aromatic ring is 1. The van der Waals surface area contributed by atoms with Crippen LogP contribution in [-0.4, -0.2) is 34.6 Å². The maximum Gasteiger partial charge on any atom is 0.123 e. The molecule has 0 aliphatic carbocycles. The second-order valence-electron chi connectivity index (χ2n) is 5.75. The van der Waals surface area contributed by atoms with Crippen LogP contribution in [0.25, 0.3) is 0 Å². The molecule has 18 heavy (non-hydrogen) atoms. The third-order valence-electron chi connectivity index (χ3n) is 4.13. The lowest BCUT2D eigenvalue weighted by Crippen LogP contribution is -2.55. The molecule has 0 bridgehead atoms. The van der Waals surface area contributed by atoms with Crippen LogP contribution in [0.3, 0.4) is 0 Å². The first-order valence-electron chi connectivity index (χ1n) is 6.71. The minimum Gasteiger partial charge on any atom is -0.384 e. The van der Waals surface area contributed by atoms with Gasteiger partial charge in [-0.05, 0) is 63.9 Å². The van der Waals surface area contributed by atoms with Crippen molar-refractivity contribution in [1.29, 1.82) is 0 Å². The molecule has 0 radical (unpaired) electrons. The molecule has 1 atom stereocenters. The van der Waals surface area contributed by atoms with Gasteiger partial charge < -0.3 is 11.5 Å². The summed E-state index contributed by atoms with van der Waals surface area (Å²) in [6.07, 6.45) is 5.17. The van der Waals surface area contributed by atoms with Crippen molar-refractivity contribution in [2.24, 2.45) is 5.73 Å². The molecule has 4 N–H and O–H groups in total. The van der Waals surface area contributed by atoms with E-state index >= 15 is 0 Å². The normalized spacial score (nSPS) is 19.1. The third-order valence-corrected chi connectivity index (χ3v) is 4.13. The summed E-state index contributed by atoms with van der Waals surface area (Å²) >= 11 is 0. The zero-order valence-corrected chi connectivity index (χ0v) is 11.4. The van der Waals surface area contributed by atoms with E-state index < -0.39 is 0 Å². The predicted octanol–water partition coefficient (Wildman–Crippen LogP) is 1.41. The van der Waals surface area contributed by atoms with Crippen molar-refractivity contribution in [2.45, 2.75) is 44.7 Å². The van der Waals surface area contributed by atoms with Crippen LogP contribution in [0.4, 0.5) is 5.82 Å². The molecule has 100 valence electrons. The van der Waals surface area contributed by atoms with Crippen LogP contribution < -0.4 is 11.5 Å². The van der Waals surface area contributed by atoms with E-state index in [0.29, 0.717) is 5.82 Å². The first-order valence-corrected chi connectivity index (χ1v) is 6.71. The van der Waals surface area contributed by atoms with Crippen molar-refractivity contribution in [1.82, 2.24) is 9.88 Å². The number of anilines is 1. The summed E-state index contributed by atoms with van der Waals surface area (Å²) in [5.41, 5.74) is 13.3. The molecule has 1 aliphatic rings.